The van der Waals surface area contributed by atoms with Gasteiger partial charge in [0.15, 0.2) is 0 Å². The second-order valence-electron chi connectivity index (χ2n) is 3.95. The predicted molar refractivity (Wildman–Crippen MR) is 67.0 cm³/mol. The second kappa shape index (κ2) is 6.18. The first-order valence-corrected chi connectivity index (χ1v) is 6.55. The molecule has 1 aromatic rings. The fourth-order valence-electron chi connectivity index (χ4n) is 1.49. The van der Waals surface area contributed by atoms with Crippen LogP contribution in [0.2, 0.25) is 0 Å². The number of thioether (sulfide) groups is 1. The van der Waals surface area contributed by atoms with E-state index in [2.05, 4.69) is 25.1 Å². The average Bonchev–Trinajstić information content (AvgIpc) is 2.59. The minimum atomic E-state index is 0.177. The molecule has 0 amide bonds. The quantitative estimate of drug-likeness (QED) is 0.759. The van der Waals surface area contributed by atoms with E-state index in [0.29, 0.717) is 5.25 Å². The van der Waals surface area contributed by atoms with E-state index in [4.69, 9.17) is 5.73 Å². The highest BCUT2D eigenvalue weighted by atomic mass is 32.2. The zero-order valence-corrected chi connectivity index (χ0v) is 10.6. The van der Waals surface area contributed by atoms with Gasteiger partial charge in [-0.15, -0.1) is 0 Å². The van der Waals surface area contributed by atoms with Gasteiger partial charge in [-0.3, -0.25) is 4.68 Å². The molecule has 0 bridgehead atoms. The van der Waals surface area contributed by atoms with E-state index >= 15 is 0 Å². The van der Waals surface area contributed by atoms with Crippen molar-refractivity contribution in [2.24, 2.45) is 12.8 Å². The number of nitrogens with two attached hydrogens (primary N) is 1. The molecular weight excluding hydrogens is 206 g/mol. The van der Waals surface area contributed by atoms with Crippen molar-refractivity contribution in [3.63, 3.8) is 0 Å². The fourth-order valence-corrected chi connectivity index (χ4v) is 2.82. The molecular formula is C11H21N3S. The van der Waals surface area contributed by atoms with Crippen molar-refractivity contribution in [3.05, 3.63) is 18.0 Å². The third-order valence-electron chi connectivity index (χ3n) is 2.33. The van der Waals surface area contributed by atoms with Crippen LogP contribution in [0.15, 0.2) is 12.4 Å². The van der Waals surface area contributed by atoms with Gasteiger partial charge in [0.1, 0.15) is 0 Å². The van der Waals surface area contributed by atoms with E-state index in [9.17, 15) is 0 Å². The van der Waals surface area contributed by atoms with E-state index in [1.807, 2.05) is 29.7 Å². The van der Waals surface area contributed by atoms with Crippen LogP contribution in [0.1, 0.15) is 37.5 Å². The van der Waals surface area contributed by atoms with Crippen molar-refractivity contribution in [2.45, 2.75) is 38.0 Å². The van der Waals surface area contributed by atoms with Gasteiger partial charge >= 0.3 is 0 Å². The van der Waals surface area contributed by atoms with Crippen LogP contribution in [0.25, 0.3) is 0 Å². The van der Waals surface area contributed by atoms with E-state index < -0.39 is 0 Å². The molecule has 3 nitrogen and oxygen atoms in total. The summed E-state index contributed by atoms with van der Waals surface area (Å²) in [6.07, 6.45) is 6.49. The molecule has 0 saturated heterocycles. The van der Waals surface area contributed by atoms with Crippen molar-refractivity contribution in [1.29, 1.82) is 0 Å². The van der Waals surface area contributed by atoms with Gasteiger partial charge in [-0.25, -0.2) is 0 Å². The lowest BCUT2D eigenvalue weighted by Gasteiger charge is -2.18. The molecule has 0 saturated carbocycles. The molecule has 1 heterocycles. The van der Waals surface area contributed by atoms with Crippen LogP contribution in [-0.2, 0) is 7.05 Å². The third-order valence-corrected chi connectivity index (χ3v) is 3.91. The molecule has 1 rings (SSSR count). The summed E-state index contributed by atoms with van der Waals surface area (Å²) < 4.78 is 1.84. The zero-order valence-electron chi connectivity index (χ0n) is 9.81. The minimum Gasteiger partial charge on any atom is -0.327 e. The second-order valence-corrected chi connectivity index (χ2v) is 5.20. The van der Waals surface area contributed by atoms with Crippen molar-refractivity contribution in [1.82, 2.24) is 9.78 Å². The number of rotatable bonds is 6. The van der Waals surface area contributed by atoms with Gasteiger partial charge in [-0.1, -0.05) is 13.3 Å². The molecule has 0 aliphatic carbocycles. The predicted octanol–water partition coefficient (Wildman–Crippen LogP) is 2.34. The van der Waals surface area contributed by atoms with Crippen LogP contribution < -0.4 is 5.73 Å². The van der Waals surface area contributed by atoms with Gasteiger partial charge in [0.25, 0.3) is 0 Å². The first-order valence-electron chi connectivity index (χ1n) is 5.51. The topological polar surface area (TPSA) is 43.8 Å². The SMILES string of the molecule is CCCCSC(c1cnn(C)c1)C(C)N. The smallest absolute Gasteiger partial charge is 0.0533 e. The highest BCUT2D eigenvalue weighted by Crippen LogP contribution is 2.31. The Bertz CT molecular complexity index is 283. The molecule has 2 N–H and O–H groups in total. The Hall–Kier alpha value is -0.480. The number of aryl methyl sites for hydroxylation is 1. The Balaban J connectivity index is 2.58. The Morgan fingerprint density at radius 2 is 2.33 bits per heavy atom. The van der Waals surface area contributed by atoms with Crippen molar-refractivity contribution >= 4 is 11.8 Å². The maximum atomic E-state index is 6.00. The van der Waals surface area contributed by atoms with Gasteiger partial charge in [-0.05, 0) is 19.1 Å². The summed E-state index contributed by atoms with van der Waals surface area (Å²) >= 11 is 1.94. The van der Waals surface area contributed by atoms with E-state index in [0.717, 1.165) is 0 Å². The fraction of sp³-hybridized carbons (Fsp3) is 0.727. The number of nitrogens with zero attached hydrogens (tertiary/aromatic N) is 2. The average molecular weight is 227 g/mol. The van der Waals surface area contributed by atoms with Crippen LogP contribution in [0, 0.1) is 0 Å². The minimum absolute atomic E-state index is 0.177. The van der Waals surface area contributed by atoms with Gasteiger partial charge in [0.2, 0.25) is 0 Å². The highest BCUT2D eigenvalue weighted by molar-refractivity contribution is 7.99. The van der Waals surface area contributed by atoms with Crippen molar-refractivity contribution < 1.29 is 0 Å². The van der Waals surface area contributed by atoms with Crippen LogP contribution >= 0.6 is 11.8 Å². The molecule has 0 aromatic carbocycles. The zero-order chi connectivity index (χ0) is 11.3. The van der Waals surface area contributed by atoms with Gasteiger partial charge in [-0.2, -0.15) is 16.9 Å². The van der Waals surface area contributed by atoms with Gasteiger partial charge in [0, 0.05) is 30.1 Å². The molecule has 0 fully saturated rings. The van der Waals surface area contributed by atoms with Crippen molar-refractivity contribution in [3.8, 4) is 0 Å². The summed E-state index contributed by atoms with van der Waals surface area (Å²) in [5.74, 6) is 1.18. The molecule has 0 aliphatic rings. The molecule has 1 aromatic heterocycles. The Kier molecular flexibility index (Phi) is 5.19. The third kappa shape index (κ3) is 3.87. The maximum absolute atomic E-state index is 6.00. The van der Waals surface area contributed by atoms with Crippen LogP contribution in [0.3, 0.4) is 0 Å². The van der Waals surface area contributed by atoms with E-state index in [-0.39, 0.29) is 6.04 Å². The normalized spacial score (nSPS) is 15.2. The van der Waals surface area contributed by atoms with E-state index in [1.165, 1.54) is 24.2 Å². The summed E-state index contributed by atoms with van der Waals surface area (Å²) in [6, 6.07) is 0.177. The first kappa shape index (κ1) is 12.6. The molecule has 0 spiro atoms. The van der Waals surface area contributed by atoms with Crippen LogP contribution in [0.4, 0.5) is 0 Å². The first-order chi connectivity index (χ1) is 7.15. The number of hydrogen-bond donors (Lipinski definition) is 1. The van der Waals surface area contributed by atoms with Crippen molar-refractivity contribution in [2.75, 3.05) is 5.75 Å². The molecule has 2 atom stereocenters. The standard InChI is InChI=1S/C11H21N3S/c1-4-5-6-15-11(9(2)12)10-7-13-14(3)8-10/h7-9,11H,4-6,12H2,1-3H3. The lowest BCUT2D eigenvalue weighted by atomic mass is 10.1. The van der Waals surface area contributed by atoms with Crippen LogP contribution in [-0.4, -0.2) is 21.6 Å². The largest absolute Gasteiger partial charge is 0.327 e. The lowest BCUT2D eigenvalue weighted by molar-refractivity contribution is 0.717. The summed E-state index contributed by atoms with van der Waals surface area (Å²) in [5.41, 5.74) is 7.25. The molecule has 86 valence electrons. The van der Waals surface area contributed by atoms with Crippen LogP contribution in [0.5, 0.6) is 0 Å². The number of hydrogen-bond acceptors (Lipinski definition) is 3. The Labute approximate surface area is 96.4 Å². The number of aromatic nitrogens is 2. The summed E-state index contributed by atoms with van der Waals surface area (Å²) in [7, 11) is 1.94. The molecule has 2 unspecified atom stereocenters. The Morgan fingerprint density at radius 3 is 2.80 bits per heavy atom. The number of unbranched alkanes of at least 4 members (excludes halogenated alkanes) is 1. The summed E-state index contributed by atoms with van der Waals surface area (Å²) in [6.45, 7) is 4.28. The summed E-state index contributed by atoms with van der Waals surface area (Å²) in [4.78, 5) is 0. The highest BCUT2D eigenvalue weighted by Gasteiger charge is 2.17. The molecule has 0 aliphatic heterocycles. The van der Waals surface area contributed by atoms with Gasteiger partial charge < -0.3 is 5.73 Å². The Morgan fingerprint density at radius 1 is 1.60 bits per heavy atom. The molecule has 15 heavy (non-hydrogen) atoms. The maximum Gasteiger partial charge on any atom is 0.0533 e. The molecule has 0 radical (unpaired) electrons. The lowest BCUT2D eigenvalue weighted by Crippen LogP contribution is -2.22. The monoisotopic (exact) mass is 227 g/mol. The van der Waals surface area contributed by atoms with Gasteiger partial charge in [0.05, 0.1) is 6.20 Å². The summed E-state index contributed by atoms with van der Waals surface area (Å²) in [5, 5.41) is 4.58. The molecule has 4 heteroatoms. The van der Waals surface area contributed by atoms with E-state index in [1.54, 1.807) is 0 Å².